The van der Waals surface area contributed by atoms with Crippen LogP contribution in [-0.4, -0.2) is 34.6 Å². The molecule has 0 bridgehead atoms. The van der Waals surface area contributed by atoms with E-state index in [1.54, 1.807) is 11.9 Å². The van der Waals surface area contributed by atoms with Crippen molar-refractivity contribution in [1.82, 2.24) is 4.90 Å². The molecule has 1 rings (SSSR count). The molecule has 0 spiro atoms. The molecule has 0 fully saturated rings. The van der Waals surface area contributed by atoms with E-state index in [4.69, 9.17) is 5.73 Å². The van der Waals surface area contributed by atoms with Crippen molar-refractivity contribution >= 4 is 5.97 Å². The van der Waals surface area contributed by atoms with Crippen LogP contribution in [0.1, 0.15) is 27.2 Å². The van der Waals surface area contributed by atoms with Gasteiger partial charge in [0.2, 0.25) is 0 Å². The fourth-order valence-electron chi connectivity index (χ4n) is 2.24. The number of hydrogen-bond donors (Lipinski definition) is 2. The third-order valence-corrected chi connectivity index (χ3v) is 3.56. The number of carboxylic acid groups (broad SMARTS) is 1. The first-order chi connectivity index (χ1) is 6.39. The number of carboxylic acids is 1. The van der Waals surface area contributed by atoms with Crippen LogP contribution in [0, 0.1) is 0 Å². The maximum absolute atomic E-state index is 11.3. The summed E-state index contributed by atoms with van der Waals surface area (Å²) < 4.78 is 0. The molecule has 1 aliphatic rings. The quantitative estimate of drug-likeness (QED) is 0.688. The lowest BCUT2D eigenvalue weighted by Crippen LogP contribution is -2.59. The van der Waals surface area contributed by atoms with Gasteiger partial charge in [-0.15, -0.1) is 0 Å². The van der Waals surface area contributed by atoms with Gasteiger partial charge in [-0.2, -0.15) is 0 Å². The largest absolute Gasteiger partial charge is 0.479 e. The van der Waals surface area contributed by atoms with Gasteiger partial charge in [-0.25, -0.2) is 4.79 Å². The lowest BCUT2D eigenvalue weighted by atomic mass is 9.86. The molecule has 2 atom stereocenters. The van der Waals surface area contributed by atoms with Crippen molar-refractivity contribution < 1.29 is 9.90 Å². The zero-order valence-corrected chi connectivity index (χ0v) is 9.16. The summed E-state index contributed by atoms with van der Waals surface area (Å²) in [5, 5.41) is 9.29. The first kappa shape index (κ1) is 11.0. The highest BCUT2D eigenvalue weighted by molar-refractivity contribution is 5.82. The zero-order chi connectivity index (χ0) is 11.1. The van der Waals surface area contributed by atoms with E-state index >= 15 is 0 Å². The number of allylic oxidation sites excluding steroid dienone is 1. The second-order valence-electron chi connectivity index (χ2n) is 3.89. The van der Waals surface area contributed by atoms with Crippen LogP contribution in [0.25, 0.3) is 0 Å². The summed E-state index contributed by atoms with van der Waals surface area (Å²) in [6.07, 6.45) is 0.509. The number of aliphatic carboxylic acids is 1. The Morgan fingerprint density at radius 1 is 1.64 bits per heavy atom. The zero-order valence-electron chi connectivity index (χ0n) is 9.16. The molecule has 0 amide bonds. The van der Waals surface area contributed by atoms with Crippen LogP contribution < -0.4 is 5.73 Å². The summed E-state index contributed by atoms with van der Waals surface area (Å²) in [6, 6.07) is -0.407. The van der Waals surface area contributed by atoms with Crippen molar-refractivity contribution in [2.24, 2.45) is 5.73 Å². The van der Waals surface area contributed by atoms with Crippen LogP contribution in [0.15, 0.2) is 11.3 Å². The Labute approximate surface area is 84.4 Å². The third kappa shape index (κ3) is 1.07. The Hall–Kier alpha value is -1.03. The minimum atomic E-state index is -0.950. The molecule has 3 N–H and O–H groups in total. The first-order valence-electron chi connectivity index (χ1n) is 4.79. The van der Waals surface area contributed by atoms with Crippen LogP contribution in [-0.2, 0) is 4.79 Å². The minimum Gasteiger partial charge on any atom is -0.479 e. The van der Waals surface area contributed by atoms with Crippen molar-refractivity contribution in [3.05, 3.63) is 11.3 Å². The molecule has 0 aromatic carbocycles. The lowest BCUT2D eigenvalue weighted by Gasteiger charge is -2.36. The van der Waals surface area contributed by atoms with Crippen LogP contribution in [0.4, 0.5) is 0 Å². The van der Waals surface area contributed by atoms with Crippen molar-refractivity contribution in [1.29, 1.82) is 0 Å². The normalized spacial score (nSPS) is 32.6. The Morgan fingerprint density at radius 2 is 2.14 bits per heavy atom. The number of nitrogens with zero attached hydrogens (tertiary/aromatic N) is 1. The SMILES string of the molecule is CCC1(C(=O)O)C(N)C(C)=C(C)N1C. The molecule has 80 valence electrons. The van der Waals surface area contributed by atoms with Crippen molar-refractivity contribution in [3.8, 4) is 0 Å². The average Bonchev–Trinajstić information content (AvgIpc) is 2.30. The van der Waals surface area contributed by atoms with Gasteiger partial charge in [0.15, 0.2) is 5.54 Å². The number of rotatable bonds is 2. The van der Waals surface area contributed by atoms with Gasteiger partial charge < -0.3 is 15.7 Å². The molecule has 0 saturated heterocycles. The van der Waals surface area contributed by atoms with E-state index in [2.05, 4.69) is 0 Å². The van der Waals surface area contributed by atoms with Crippen LogP contribution in [0.2, 0.25) is 0 Å². The summed E-state index contributed by atoms with van der Waals surface area (Å²) in [7, 11) is 1.79. The molecule has 0 aliphatic carbocycles. The highest BCUT2D eigenvalue weighted by atomic mass is 16.4. The third-order valence-electron chi connectivity index (χ3n) is 3.56. The second kappa shape index (κ2) is 3.28. The molecule has 0 aromatic rings. The Balaban J connectivity index is 3.22. The van der Waals surface area contributed by atoms with Crippen LogP contribution >= 0.6 is 0 Å². The van der Waals surface area contributed by atoms with E-state index in [1.165, 1.54) is 0 Å². The van der Waals surface area contributed by atoms with Gasteiger partial charge in [0, 0.05) is 12.7 Å². The maximum Gasteiger partial charge on any atom is 0.331 e. The molecule has 2 unspecified atom stereocenters. The van der Waals surface area contributed by atoms with Gasteiger partial charge in [-0.3, -0.25) is 0 Å². The number of nitrogens with two attached hydrogens (primary N) is 1. The number of carbonyl (C=O) groups is 1. The van der Waals surface area contributed by atoms with Gasteiger partial charge >= 0.3 is 5.97 Å². The summed E-state index contributed by atoms with van der Waals surface area (Å²) in [5.74, 6) is -0.841. The second-order valence-corrected chi connectivity index (χ2v) is 3.89. The number of likely N-dealkylation sites (N-methyl/N-ethyl adjacent to an activating group) is 1. The van der Waals surface area contributed by atoms with E-state index in [1.807, 2.05) is 20.8 Å². The Kier molecular flexibility index (Phi) is 2.58. The molecule has 4 nitrogen and oxygen atoms in total. The van der Waals surface area contributed by atoms with E-state index in [0.717, 1.165) is 11.3 Å². The molecule has 1 heterocycles. The summed E-state index contributed by atoms with van der Waals surface area (Å²) in [4.78, 5) is 13.1. The molecular formula is C10H18N2O2. The summed E-state index contributed by atoms with van der Waals surface area (Å²) in [5.41, 5.74) is 6.96. The fraction of sp³-hybridized carbons (Fsp3) is 0.700. The van der Waals surface area contributed by atoms with Gasteiger partial charge in [-0.1, -0.05) is 6.92 Å². The predicted octanol–water partition coefficient (Wildman–Crippen LogP) is 0.786. The Bertz CT molecular complexity index is 278. The van der Waals surface area contributed by atoms with Crippen LogP contribution in [0.3, 0.4) is 0 Å². The maximum atomic E-state index is 11.3. The smallest absolute Gasteiger partial charge is 0.331 e. The van der Waals surface area contributed by atoms with Gasteiger partial charge in [0.25, 0.3) is 0 Å². The van der Waals surface area contributed by atoms with E-state index < -0.39 is 17.6 Å². The van der Waals surface area contributed by atoms with E-state index in [-0.39, 0.29) is 0 Å². The average molecular weight is 198 g/mol. The molecule has 0 saturated carbocycles. The topological polar surface area (TPSA) is 66.6 Å². The van der Waals surface area contributed by atoms with Gasteiger partial charge in [0.1, 0.15) is 0 Å². The summed E-state index contributed by atoms with van der Waals surface area (Å²) in [6.45, 7) is 5.67. The predicted molar refractivity (Wildman–Crippen MR) is 54.8 cm³/mol. The fourth-order valence-corrected chi connectivity index (χ4v) is 2.24. The molecule has 14 heavy (non-hydrogen) atoms. The monoisotopic (exact) mass is 198 g/mol. The van der Waals surface area contributed by atoms with E-state index in [0.29, 0.717) is 6.42 Å². The highest BCUT2D eigenvalue weighted by Gasteiger charge is 2.51. The van der Waals surface area contributed by atoms with Crippen molar-refractivity contribution in [2.75, 3.05) is 7.05 Å². The van der Waals surface area contributed by atoms with Crippen molar-refractivity contribution in [3.63, 3.8) is 0 Å². The standard InChI is InChI=1S/C10H18N2O2/c1-5-10(9(13)14)8(11)6(2)7(3)12(10)4/h8H,5,11H2,1-4H3,(H,13,14). The molecule has 0 radical (unpaired) electrons. The van der Waals surface area contributed by atoms with Crippen LogP contribution in [0.5, 0.6) is 0 Å². The highest BCUT2D eigenvalue weighted by Crippen LogP contribution is 2.37. The summed E-state index contributed by atoms with van der Waals surface area (Å²) >= 11 is 0. The molecule has 0 aromatic heterocycles. The van der Waals surface area contributed by atoms with Crippen molar-refractivity contribution in [2.45, 2.75) is 38.8 Å². The van der Waals surface area contributed by atoms with Gasteiger partial charge in [0.05, 0.1) is 6.04 Å². The van der Waals surface area contributed by atoms with E-state index in [9.17, 15) is 9.90 Å². The lowest BCUT2D eigenvalue weighted by molar-refractivity contribution is -0.149. The number of hydrogen-bond acceptors (Lipinski definition) is 3. The minimum absolute atomic E-state index is 0.407. The molecule has 1 aliphatic heterocycles. The molecule has 4 heteroatoms. The first-order valence-corrected chi connectivity index (χ1v) is 4.79. The molecular weight excluding hydrogens is 180 g/mol. The van der Waals surface area contributed by atoms with Gasteiger partial charge in [-0.05, 0) is 25.8 Å². The Morgan fingerprint density at radius 3 is 2.29 bits per heavy atom.